The Bertz CT molecular complexity index is 860. The monoisotopic (exact) mass is 327 g/mol. The minimum absolute atomic E-state index is 0.181. The summed E-state index contributed by atoms with van der Waals surface area (Å²) in [6.07, 6.45) is 0. The highest BCUT2D eigenvalue weighted by Gasteiger charge is 2.14. The zero-order chi connectivity index (χ0) is 15.5. The summed E-state index contributed by atoms with van der Waals surface area (Å²) in [6.45, 7) is 1.97. The molecule has 0 saturated heterocycles. The molecule has 1 heterocycles. The van der Waals surface area contributed by atoms with Crippen LogP contribution in [0.4, 0.5) is 0 Å². The summed E-state index contributed by atoms with van der Waals surface area (Å²) in [7, 11) is 0. The molecule has 3 nitrogen and oxygen atoms in total. The molecule has 0 fully saturated rings. The summed E-state index contributed by atoms with van der Waals surface area (Å²) in [4.78, 5) is 17.7. The van der Waals surface area contributed by atoms with Gasteiger partial charge in [0.25, 0.3) is 4.74 Å². The molecule has 0 aliphatic rings. The molecule has 0 amide bonds. The molecular formula is C17H13NO2S2. The number of benzene rings is 2. The van der Waals surface area contributed by atoms with Gasteiger partial charge in [0, 0.05) is 10.5 Å². The number of hydrogen-bond acceptors (Lipinski definition) is 5. The van der Waals surface area contributed by atoms with Gasteiger partial charge in [-0.3, -0.25) is 4.79 Å². The van der Waals surface area contributed by atoms with Crippen molar-refractivity contribution >= 4 is 23.1 Å². The third-order valence-electron chi connectivity index (χ3n) is 3.11. The fourth-order valence-electron chi connectivity index (χ4n) is 1.97. The van der Waals surface area contributed by atoms with Crippen LogP contribution in [-0.4, -0.2) is 10.1 Å². The Balaban J connectivity index is 2.01. The molecule has 0 aliphatic heterocycles. The first kappa shape index (κ1) is 14.8. The quantitative estimate of drug-likeness (QED) is 0.777. The standard InChI is InChI=1S/C17H13NO2S2/c1-11-7-5-6-10-13(11)21-14-15(19)18-16(22-17(14)20)12-8-3-2-4-9-12/h2-10,19H,1H3. The minimum atomic E-state index is -0.212. The second-order valence-corrected chi connectivity index (χ2v) is 6.71. The first-order chi connectivity index (χ1) is 10.6. The summed E-state index contributed by atoms with van der Waals surface area (Å²) in [6, 6.07) is 17.1. The predicted octanol–water partition coefficient (Wildman–Crippen LogP) is 4.34. The molecule has 0 aliphatic carbocycles. The summed E-state index contributed by atoms with van der Waals surface area (Å²) in [5, 5.41) is 10.7. The third kappa shape index (κ3) is 3.05. The van der Waals surface area contributed by atoms with E-state index >= 15 is 0 Å². The van der Waals surface area contributed by atoms with Gasteiger partial charge in [0.05, 0.1) is 0 Å². The zero-order valence-corrected chi connectivity index (χ0v) is 13.4. The van der Waals surface area contributed by atoms with E-state index in [2.05, 4.69) is 4.98 Å². The van der Waals surface area contributed by atoms with Crippen molar-refractivity contribution in [3.8, 4) is 16.5 Å². The Morgan fingerprint density at radius 2 is 1.73 bits per heavy atom. The van der Waals surface area contributed by atoms with Crippen molar-refractivity contribution in [1.82, 2.24) is 4.98 Å². The van der Waals surface area contributed by atoms with Crippen LogP contribution < -0.4 is 4.74 Å². The normalized spacial score (nSPS) is 10.6. The van der Waals surface area contributed by atoms with E-state index in [9.17, 15) is 9.90 Å². The van der Waals surface area contributed by atoms with Crippen LogP contribution in [-0.2, 0) is 0 Å². The number of hydrogen-bond donors (Lipinski definition) is 1. The SMILES string of the molecule is Cc1ccccc1Sc1c(O)nc(-c2ccccc2)sc1=O. The van der Waals surface area contributed by atoms with E-state index in [1.54, 1.807) is 0 Å². The van der Waals surface area contributed by atoms with Crippen molar-refractivity contribution in [2.45, 2.75) is 16.7 Å². The van der Waals surface area contributed by atoms with Gasteiger partial charge in [0.1, 0.15) is 9.90 Å². The molecule has 3 aromatic rings. The van der Waals surface area contributed by atoms with Gasteiger partial charge in [-0.2, -0.15) is 0 Å². The van der Waals surface area contributed by atoms with Gasteiger partial charge in [-0.1, -0.05) is 71.6 Å². The third-order valence-corrected chi connectivity index (χ3v) is 5.40. The maximum atomic E-state index is 12.3. The molecule has 0 spiro atoms. The van der Waals surface area contributed by atoms with E-state index in [1.165, 1.54) is 11.8 Å². The van der Waals surface area contributed by atoms with Crippen molar-refractivity contribution in [2.75, 3.05) is 0 Å². The fourth-order valence-corrected chi connectivity index (χ4v) is 3.78. The average molecular weight is 327 g/mol. The molecule has 2 aromatic carbocycles. The van der Waals surface area contributed by atoms with Crippen LogP contribution >= 0.6 is 23.1 Å². The van der Waals surface area contributed by atoms with E-state index < -0.39 is 0 Å². The molecule has 0 unspecified atom stereocenters. The summed E-state index contributed by atoms with van der Waals surface area (Å²) in [5.74, 6) is -0.212. The molecule has 5 heteroatoms. The molecule has 1 N–H and O–H groups in total. The van der Waals surface area contributed by atoms with Crippen LogP contribution in [0.15, 0.2) is 69.2 Å². The lowest BCUT2D eigenvalue weighted by Gasteiger charge is -2.06. The van der Waals surface area contributed by atoms with Gasteiger partial charge in [-0.05, 0) is 18.6 Å². The van der Waals surface area contributed by atoms with Crippen molar-refractivity contribution in [1.29, 1.82) is 0 Å². The van der Waals surface area contributed by atoms with Crippen LogP contribution in [0.25, 0.3) is 10.6 Å². The first-order valence-corrected chi connectivity index (χ1v) is 8.31. The predicted molar refractivity (Wildman–Crippen MR) is 90.8 cm³/mol. The Morgan fingerprint density at radius 1 is 1.05 bits per heavy atom. The maximum absolute atomic E-state index is 12.3. The summed E-state index contributed by atoms with van der Waals surface area (Å²) >= 11 is 2.31. The molecule has 22 heavy (non-hydrogen) atoms. The van der Waals surface area contributed by atoms with E-state index in [-0.39, 0.29) is 15.5 Å². The molecule has 110 valence electrons. The van der Waals surface area contributed by atoms with E-state index in [4.69, 9.17) is 0 Å². The summed E-state index contributed by atoms with van der Waals surface area (Å²) in [5.41, 5.74) is 1.88. The van der Waals surface area contributed by atoms with Crippen LogP contribution in [0, 0.1) is 6.92 Å². The van der Waals surface area contributed by atoms with Gasteiger partial charge >= 0.3 is 0 Å². The number of aryl methyl sites for hydroxylation is 1. The minimum Gasteiger partial charge on any atom is -0.492 e. The van der Waals surface area contributed by atoms with Crippen molar-refractivity contribution < 1.29 is 5.11 Å². The number of nitrogens with zero attached hydrogens (tertiary/aromatic N) is 1. The van der Waals surface area contributed by atoms with E-state index in [0.29, 0.717) is 5.01 Å². The molecule has 3 rings (SSSR count). The van der Waals surface area contributed by atoms with Crippen LogP contribution in [0.5, 0.6) is 5.88 Å². The number of aromatic nitrogens is 1. The molecule has 0 atom stereocenters. The Kier molecular flexibility index (Phi) is 4.27. The van der Waals surface area contributed by atoms with Crippen LogP contribution in [0.1, 0.15) is 5.56 Å². The topological polar surface area (TPSA) is 50.2 Å². The van der Waals surface area contributed by atoms with Gasteiger partial charge in [-0.15, -0.1) is 0 Å². The van der Waals surface area contributed by atoms with E-state index in [0.717, 1.165) is 27.4 Å². The Morgan fingerprint density at radius 3 is 2.41 bits per heavy atom. The van der Waals surface area contributed by atoms with Crippen molar-refractivity contribution in [3.05, 3.63) is 69.7 Å². The summed E-state index contributed by atoms with van der Waals surface area (Å²) < 4.78 is -0.181. The Labute approximate surface area is 136 Å². The molecule has 1 aromatic heterocycles. The van der Waals surface area contributed by atoms with Gasteiger partial charge in [-0.25, -0.2) is 4.98 Å². The largest absolute Gasteiger partial charge is 0.492 e. The number of aromatic hydroxyl groups is 1. The zero-order valence-electron chi connectivity index (χ0n) is 11.8. The van der Waals surface area contributed by atoms with E-state index in [1.807, 2.05) is 61.5 Å². The first-order valence-electron chi connectivity index (χ1n) is 6.68. The lowest BCUT2D eigenvalue weighted by Crippen LogP contribution is -2.01. The van der Waals surface area contributed by atoms with Crippen LogP contribution in [0.2, 0.25) is 0 Å². The highest BCUT2D eigenvalue weighted by atomic mass is 32.2. The highest BCUT2D eigenvalue weighted by molar-refractivity contribution is 7.99. The lowest BCUT2D eigenvalue weighted by atomic mass is 10.2. The smallest absolute Gasteiger partial charge is 0.253 e. The Hall–Kier alpha value is -2.11. The number of rotatable bonds is 3. The second kappa shape index (κ2) is 6.34. The van der Waals surface area contributed by atoms with Gasteiger partial charge in [0.15, 0.2) is 0 Å². The molecule has 0 bridgehead atoms. The lowest BCUT2D eigenvalue weighted by molar-refractivity contribution is 0.441. The highest BCUT2D eigenvalue weighted by Crippen LogP contribution is 2.34. The second-order valence-electron chi connectivity index (χ2n) is 4.69. The van der Waals surface area contributed by atoms with Gasteiger partial charge in [0.2, 0.25) is 5.88 Å². The van der Waals surface area contributed by atoms with Gasteiger partial charge < -0.3 is 5.11 Å². The van der Waals surface area contributed by atoms with Crippen molar-refractivity contribution in [2.24, 2.45) is 0 Å². The van der Waals surface area contributed by atoms with Crippen molar-refractivity contribution in [3.63, 3.8) is 0 Å². The fraction of sp³-hybridized carbons (Fsp3) is 0.0588. The average Bonchev–Trinajstić information content (AvgIpc) is 2.53. The molecule has 0 radical (unpaired) electrons. The maximum Gasteiger partial charge on any atom is 0.253 e. The molecular weight excluding hydrogens is 314 g/mol. The van der Waals surface area contributed by atoms with Crippen LogP contribution in [0.3, 0.4) is 0 Å². The molecule has 0 saturated carbocycles.